The molecule has 0 aliphatic heterocycles. The molecule has 0 N–H and O–H groups in total. The van der Waals surface area contributed by atoms with Gasteiger partial charge in [0, 0.05) is 6.92 Å². The van der Waals surface area contributed by atoms with Gasteiger partial charge in [-0.1, -0.05) is 6.07 Å². The van der Waals surface area contributed by atoms with Crippen LogP contribution in [0.5, 0.6) is 0 Å². The molecule has 0 saturated heterocycles. The van der Waals surface area contributed by atoms with Crippen LogP contribution in [0.2, 0.25) is 0 Å². The van der Waals surface area contributed by atoms with Crippen molar-refractivity contribution in [1.82, 2.24) is 29.5 Å². The maximum Gasteiger partial charge on any atom is 0.264 e. The maximum atomic E-state index is 12.7. The predicted octanol–water partition coefficient (Wildman–Crippen LogP) is 1.94. The summed E-state index contributed by atoms with van der Waals surface area (Å²) in [7, 11) is 0. The third kappa shape index (κ3) is 2.71. The van der Waals surface area contributed by atoms with Crippen LogP contribution in [-0.4, -0.2) is 29.5 Å². The molecular formula is C17H16N6O2. The molecule has 4 rings (SSSR count). The second kappa shape index (κ2) is 5.66. The van der Waals surface area contributed by atoms with Crippen molar-refractivity contribution in [2.75, 3.05) is 0 Å². The van der Waals surface area contributed by atoms with Crippen molar-refractivity contribution in [3.63, 3.8) is 0 Å². The van der Waals surface area contributed by atoms with E-state index in [1.54, 1.807) is 11.6 Å². The Balaban J connectivity index is 1.80. The average molecular weight is 336 g/mol. The lowest BCUT2D eigenvalue weighted by atomic mass is 10.1. The molecule has 0 saturated carbocycles. The second-order valence-electron chi connectivity index (χ2n) is 6.03. The molecule has 1 aromatic carbocycles. The number of hydrogen-bond acceptors (Lipinski definition) is 6. The number of benzene rings is 1. The summed E-state index contributed by atoms with van der Waals surface area (Å²) in [5.74, 6) is 0.821. The molecule has 0 fully saturated rings. The van der Waals surface area contributed by atoms with E-state index in [0.29, 0.717) is 22.8 Å². The first-order valence-electron chi connectivity index (χ1n) is 7.82. The van der Waals surface area contributed by atoms with Crippen molar-refractivity contribution in [2.45, 2.75) is 27.3 Å². The summed E-state index contributed by atoms with van der Waals surface area (Å²) >= 11 is 0. The minimum Gasteiger partial charge on any atom is -0.424 e. The summed E-state index contributed by atoms with van der Waals surface area (Å²) in [5, 5.41) is 12.5. The largest absolute Gasteiger partial charge is 0.424 e. The van der Waals surface area contributed by atoms with Gasteiger partial charge < -0.3 is 4.42 Å². The lowest BCUT2D eigenvalue weighted by Crippen LogP contribution is -2.21. The first-order valence-corrected chi connectivity index (χ1v) is 7.82. The Bertz CT molecular complexity index is 1120. The van der Waals surface area contributed by atoms with E-state index in [0.717, 1.165) is 16.8 Å². The Labute approximate surface area is 142 Å². The Morgan fingerprint density at radius 2 is 1.84 bits per heavy atom. The lowest BCUT2D eigenvalue weighted by molar-refractivity contribution is 0.451. The van der Waals surface area contributed by atoms with Crippen LogP contribution in [0.1, 0.15) is 22.9 Å². The number of rotatable bonds is 3. The highest BCUT2D eigenvalue weighted by Gasteiger charge is 2.13. The van der Waals surface area contributed by atoms with Crippen LogP contribution in [0.25, 0.3) is 16.7 Å². The fraction of sp³-hybridized carbons (Fsp3) is 0.235. The van der Waals surface area contributed by atoms with Crippen molar-refractivity contribution < 1.29 is 4.42 Å². The SMILES string of the molecule is Cc1cc(C)cc(-n2ncc3c(=O)n(Cc4nnc(C)o4)cnc32)c1. The molecule has 0 aliphatic rings. The molecule has 0 atom stereocenters. The standard InChI is InChI=1S/C17H16N6O2/c1-10-4-11(2)6-13(5-10)23-16-14(7-19-23)17(24)22(9-18-16)8-15-21-20-12(3)25-15/h4-7,9H,8H2,1-3H3. The van der Waals surface area contributed by atoms with Crippen molar-refractivity contribution >= 4 is 11.0 Å². The van der Waals surface area contributed by atoms with Gasteiger partial charge in [-0.2, -0.15) is 5.10 Å². The number of nitrogens with zero attached hydrogens (tertiary/aromatic N) is 6. The van der Waals surface area contributed by atoms with Gasteiger partial charge in [0.05, 0.1) is 11.9 Å². The first-order chi connectivity index (χ1) is 12.0. The molecule has 0 spiro atoms. The molecule has 0 bridgehead atoms. The highest BCUT2D eigenvalue weighted by Crippen LogP contribution is 2.17. The van der Waals surface area contributed by atoms with E-state index in [1.807, 2.05) is 26.0 Å². The number of fused-ring (bicyclic) bond motifs is 1. The summed E-state index contributed by atoms with van der Waals surface area (Å²) < 4.78 is 8.44. The van der Waals surface area contributed by atoms with Gasteiger partial charge in [0.25, 0.3) is 5.56 Å². The van der Waals surface area contributed by atoms with Gasteiger partial charge in [0.15, 0.2) is 5.65 Å². The molecule has 25 heavy (non-hydrogen) atoms. The molecule has 4 aromatic rings. The summed E-state index contributed by atoms with van der Waals surface area (Å²) in [6.07, 6.45) is 3.02. The van der Waals surface area contributed by atoms with Gasteiger partial charge in [-0.3, -0.25) is 9.36 Å². The average Bonchev–Trinajstić information content (AvgIpc) is 3.16. The summed E-state index contributed by atoms with van der Waals surface area (Å²) in [6.45, 7) is 5.93. The summed E-state index contributed by atoms with van der Waals surface area (Å²) in [6, 6.07) is 6.10. The van der Waals surface area contributed by atoms with Crippen molar-refractivity contribution in [2.24, 2.45) is 0 Å². The number of aromatic nitrogens is 6. The van der Waals surface area contributed by atoms with Gasteiger partial charge in [0.1, 0.15) is 18.3 Å². The normalized spacial score (nSPS) is 11.3. The van der Waals surface area contributed by atoms with Crippen molar-refractivity contribution in [1.29, 1.82) is 0 Å². The smallest absolute Gasteiger partial charge is 0.264 e. The quantitative estimate of drug-likeness (QED) is 0.568. The lowest BCUT2D eigenvalue weighted by Gasteiger charge is -2.07. The maximum absolute atomic E-state index is 12.7. The Hall–Kier alpha value is -3.29. The monoisotopic (exact) mass is 336 g/mol. The second-order valence-corrected chi connectivity index (χ2v) is 6.03. The number of aryl methyl sites for hydroxylation is 3. The summed E-state index contributed by atoms with van der Waals surface area (Å²) in [5.41, 5.74) is 3.45. The van der Waals surface area contributed by atoms with Crippen molar-refractivity contribution in [3.05, 3.63) is 64.0 Å². The molecule has 0 aliphatic carbocycles. The van der Waals surface area contributed by atoms with Crippen LogP contribution >= 0.6 is 0 Å². The van der Waals surface area contributed by atoms with E-state index in [-0.39, 0.29) is 12.1 Å². The zero-order valence-electron chi connectivity index (χ0n) is 14.1. The van der Waals surface area contributed by atoms with Gasteiger partial charge >= 0.3 is 0 Å². The van der Waals surface area contributed by atoms with Crippen LogP contribution in [-0.2, 0) is 6.54 Å². The predicted molar refractivity (Wildman–Crippen MR) is 90.7 cm³/mol. The molecule has 3 heterocycles. The number of hydrogen-bond donors (Lipinski definition) is 0. The molecule has 8 heteroatoms. The minimum atomic E-state index is -0.198. The molecule has 8 nitrogen and oxygen atoms in total. The third-order valence-corrected chi connectivity index (χ3v) is 3.88. The molecule has 3 aromatic heterocycles. The van der Waals surface area contributed by atoms with Crippen LogP contribution in [0.15, 0.2) is 39.9 Å². The topological polar surface area (TPSA) is 91.6 Å². The molecule has 126 valence electrons. The zero-order valence-corrected chi connectivity index (χ0v) is 14.1. The van der Waals surface area contributed by atoms with Crippen LogP contribution < -0.4 is 5.56 Å². The van der Waals surface area contributed by atoms with Gasteiger partial charge in [-0.25, -0.2) is 9.67 Å². The van der Waals surface area contributed by atoms with Gasteiger partial charge in [0.2, 0.25) is 11.8 Å². The highest BCUT2D eigenvalue weighted by atomic mass is 16.4. The highest BCUT2D eigenvalue weighted by molar-refractivity contribution is 5.75. The Morgan fingerprint density at radius 3 is 2.52 bits per heavy atom. The van der Waals surface area contributed by atoms with Crippen LogP contribution in [0.3, 0.4) is 0 Å². The van der Waals surface area contributed by atoms with Crippen molar-refractivity contribution in [3.8, 4) is 5.69 Å². The van der Waals surface area contributed by atoms with Crippen LogP contribution in [0, 0.1) is 20.8 Å². The van der Waals surface area contributed by atoms with E-state index >= 15 is 0 Å². The minimum absolute atomic E-state index is 0.178. The van der Waals surface area contributed by atoms with E-state index in [4.69, 9.17) is 4.42 Å². The molecule has 0 radical (unpaired) electrons. The first kappa shape index (κ1) is 15.3. The summed E-state index contributed by atoms with van der Waals surface area (Å²) in [4.78, 5) is 17.1. The molecular weight excluding hydrogens is 320 g/mol. The third-order valence-electron chi connectivity index (χ3n) is 3.88. The van der Waals surface area contributed by atoms with Gasteiger partial charge in [-0.05, 0) is 37.1 Å². The Kier molecular flexibility index (Phi) is 3.45. The van der Waals surface area contributed by atoms with E-state index in [2.05, 4.69) is 26.3 Å². The van der Waals surface area contributed by atoms with E-state index < -0.39 is 0 Å². The van der Waals surface area contributed by atoms with Gasteiger partial charge in [-0.15, -0.1) is 10.2 Å². The zero-order chi connectivity index (χ0) is 17.6. The van der Waals surface area contributed by atoms with E-state index in [9.17, 15) is 4.79 Å². The van der Waals surface area contributed by atoms with E-state index in [1.165, 1.54) is 17.1 Å². The van der Waals surface area contributed by atoms with Crippen LogP contribution in [0.4, 0.5) is 0 Å². The molecule has 0 amide bonds. The fourth-order valence-electron chi connectivity index (χ4n) is 2.87. The molecule has 0 unspecified atom stereocenters. The fourth-order valence-corrected chi connectivity index (χ4v) is 2.87. The Morgan fingerprint density at radius 1 is 1.08 bits per heavy atom.